The van der Waals surface area contributed by atoms with Gasteiger partial charge in [0.25, 0.3) is 17.5 Å². The number of piperidine rings is 1. The Labute approximate surface area is 196 Å². The van der Waals surface area contributed by atoms with E-state index in [1.165, 1.54) is 16.8 Å². The molecule has 1 aliphatic heterocycles. The van der Waals surface area contributed by atoms with E-state index in [4.69, 9.17) is 0 Å². The van der Waals surface area contributed by atoms with Crippen LogP contribution in [-0.4, -0.2) is 49.3 Å². The number of nitro groups is 1. The molecule has 0 spiro atoms. The third-order valence-electron chi connectivity index (χ3n) is 6.07. The number of hydrogen-bond acceptors (Lipinski definition) is 6. The van der Waals surface area contributed by atoms with Crippen LogP contribution in [0.1, 0.15) is 56.6 Å². The highest BCUT2D eigenvalue weighted by Gasteiger charge is 2.30. The van der Waals surface area contributed by atoms with E-state index in [0.717, 1.165) is 17.0 Å². The summed E-state index contributed by atoms with van der Waals surface area (Å²) in [5.41, 5.74) is 3.20. The van der Waals surface area contributed by atoms with E-state index < -0.39 is 4.92 Å². The van der Waals surface area contributed by atoms with Crippen LogP contribution >= 0.6 is 0 Å². The molecular formula is C24H26N6O4. The summed E-state index contributed by atoms with van der Waals surface area (Å²) in [6, 6.07) is 8.65. The SMILES string of the molecule is Cc1ccc(C(=O)NCc2cccnc2)c(C2CCN(C(=O)c3cc([N+](=O)[O-])cn3C)CC2)n1. The molecule has 0 unspecified atom stereocenters. The smallest absolute Gasteiger partial charge is 0.287 e. The number of aryl methyl sites for hydroxylation is 2. The van der Waals surface area contributed by atoms with Gasteiger partial charge in [0.2, 0.25) is 0 Å². The Morgan fingerprint density at radius 2 is 2.00 bits per heavy atom. The number of rotatable bonds is 6. The van der Waals surface area contributed by atoms with Crippen LogP contribution in [0.25, 0.3) is 0 Å². The van der Waals surface area contributed by atoms with Crippen molar-refractivity contribution >= 4 is 17.5 Å². The molecular weight excluding hydrogens is 436 g/mol. The summed E-state index contributed by atoms with van der Waals surface area (Å²) < 4.78 is 1.49. The van der Waals surface area contributed by atoms with E-state index in [1.54, 1.807) is 30.4 Å². The second-order valence-electron chi connectivity index (χ2n) is 8.45. The maximum atomic E-state index is 13.0. The highest BCUT2D eigenvalue weighted by molar-refractivity contribution is 5.95. The van der Waals surface area contributed by atoms with Crippen LogP contribution in [0.4, 0.5) is 5.69 Å². The fourth-order valence-corrected chi connectivity index (χ4v) is 4.24. The molecule has 10 heteroatoms. The van der Waals surface area contributed by atoms with Gasteiger partial charge < -0.3 is 14.8 Å². The van der Waals surface area contributed by atoms with Gasteiger partial charge in [-0.25, -0.2) is 0 Å². The molecule has 0 atom stereocenters. The molecule has 1 N–H and O–H groups in total. The Bertz CT molecular complexity index is 1220. The molecule has 1 aliphatic rings. The molecule has 4 heterocycles. The van der Waals surface area contributed by atoms with Crippen molar-refractivity contribution in [2.75, 3.05) is 13.1 Å². The van der Waals surface area contributed by atoms with Gasteiger partial charge in [0, 0.05) is 56.8 Å². The van der Waals surface area contributed by atoms with Crippen molar-refractivity contribution in [3.8, 4) is 0 Å². The van der Waals surface area contributed by atoms with Crippen molar-refractivity contribution in [2.24, 2.45) is 7.05 Å². The maximum absolute atomic E-state index is 13.0. The largest absolute Gasteiger partial charge is 0.348 e. The Hall–Kier alpha value is -4.08. The van der Waals surface area contributed by atoms with E-state index in [9.17, 15) is 19.7 Å². The van der Waals surface area contributed by atoms with Gasteiger partial charge in [-0.3, -0.25) is 29.7 Å². The zero-order valence-electron chi connectivity index (χ0n) is 19.1. The van der Waals surface area contributed by atoms with Crippen molar-refractivity contribution in [3.63, 3.8) is 0 Å². The van der Waals surface area contributed by atoms with Gasteiger partial charge in [-0.1, -0.05) is 6.07 Å². The maximum Gasteiger partial charge on any atom is 0.287 e. The minimum absolute atomic E-state index is 0.0332. The van der Waals surface area contributed by atoms with Crippen LogP contribution in [-0.2, 0) is 13.6 Å². The van der Waals surface area contributed by atoms with Gasteiger partial charge in [0.15, 0.2) is 0 Å². The van der Waals surface area contributed by atoms with Crippen LogP contribution in [0.5, 0.6) is 0 Å². The number of amides is 2. The molecule has 0 saturated carbocycles. The minimum atomic E-state index is -0.507. The summed E-state index contributed by atoms with van der Waals surface area (Å²) >= 11 is 0. The fraction of sp³-hybridized carbons (Fsp3) is 0.333. The summed E-state index contributed by atoms with van der Waals surface area (Å²) in [5, 5.41) is 14.0. The van der Waals surface area contributed by atoms with Crippen molar-refractivity contribution < 1.29 is 14.5 Å². The van der Waals surface area contributed by atoms with E-state index in [-0.39, 0.29) is 29.1 Å². The lowest BCUT2D eigenvalue weighted by molar-refractivity contribution is -0.384. The predicted molar refractivity (Wildman–Crippen MR) is 124 cm³/mol. The second kappa shape index (κ2) is 9.82. The first-order chi connectivity index (χ1) is 16.3. The fourth-order valence-electron chi connectivity index (χ4n) is 4.24. The number of carbonyl (C=O) groups excluding carboxylic acids is 2. The van der Waals surface area contributed by atoms with Crippen LogP contribution in [0.3, 0.4) is 0 Å². The summed E-state index contributed by atoms with van der Waals surface area (Å²) in [6.45, 7) is 3.22. The van der Waals surface area contributed by atoms with Gasteiger partial charge in [-0.05, 0) is 43.5 Å². The molecule has 4 rings (SSSR count). The first-order valence-corrected chi connectivity index (χ1v) is 11.1. The molecule has 2 amide bonds. The highest BCUT2D eigenvalue weighted by Crippen LogP contribution is 2.30. The molecule has 1 saturated heterocycles. The molecule has 0 aromatic carbocycles. The van der Waals surface area contributed by atoms with E-state index in [0.29, 0.717) is 38.0 Å². The van der Waals surface area contributed by atoms with Gasteiger partial charge in [-0.2, -0.15) is 0 Å². The Morgan fingerprint density at radius 1 is 1.24 bits per heavy atom. The molecule has 10 nitrogen and oxygen atoms in total. The first-order valence-electron chi connectivity index (χ1n) is 11.1. The first kappa shape index (κ1) is 23.1. The van der Waals surface area contributed by atoms with Crippen molar-refractivity contribution in [1.82, 2.24) is 24.8 Å². The third-order valence-corrected chi connectivity index (χ3v) is 6.07. The van der Waals surface area contributed by atoms with Gasteiger partial charge in [-0.15, -0.1) is 0 Å². The zero-order valence-corrected chi connectivity index (χ0v) is 19.1. The molecule has 3 aromatic heterocycles. The van der Waals surface area contributed by atoms with Crippen molar-refractivity contribution in [1.29, 1.82) is 0 Å². The van der Waals surface area contributed by atoms with Crippen LogP contribution in [0.2, 0.25) is 0 Å². The quantitative estimate of drug-likeness (QED) is 0.444. The number of pyridine rings is 2. The number of nitrogens with one attached hydrogen (secondary N) is 1. The van der Waals surface area contributed by atoms with Crippen LogP contribution in [0, 0.1) is 17.0 Å². The Balaban J connectivity index is 1.45. The van der Waals surface area contributed by atoms with E-state index in [1.807, 2.05) is 25.1 Å². The summed E-state index contributed by atoms with van der Waals surface area (Å²) in [5.74, 6) is -0.396. The van der Waals surface area contributed by atoms with Crippen LogP contribution < -0.4 is 5.32 Å². The minimum Gasteiger partial charge on any atom is -0.348 e. The van der Waals surface area contributed by atoms with Gasteiger partial charge >= 0.3 is 0 Å². The molecule has 0 bridgehead atoms. The topological polar surface area (TPSA) is 123 Å². The second-order valence-corrected chi connectivity index (χ2v) is 8.45. The van der Waals surface area contributed by atoms with Crippen molar-refractivity contribution in [2.45, 2.75) is 32.2 Å². The number of aromatic nitrogens is 3. The van der Waals surface area contributed by atoms with Gasteiger partial charge in [0.05, 0.1) is 22.4 Å². The van der Waals surface area contributed by atoms with E-state index in [2.05, 4.69) is 15.3 Å². The molecule has 176 valence electrons. The van der Waals surface area contributed by atoms with Crippen molar-refractivity contribution in [3.05, 3.63) is 87.2 Å². The third kappa shape index (κ3) is 4.95. The number of carbonyl (C=O) groups is 2. The average Bonchev–Trinajstić information content (AvgIpc) is 3.24. The van der Waals surface area contributed by atoms with E-state index >= 15 is 0 Å². The molecule has 0 aliphatic carbocycles. The molecule has 3 aromatic rings. The number of likely N-dealkylation sites (tertiary alicyclic amines) is 1. The lowest BCUT2D eigenvalue weighted by Crippen LogP contribution is -2.39. The molecule has 0 radical (unpaired) electrons. The lowest BCUT2D eigenvalue weighted by atomic mass is 9.89. The monoisotopic (exact) mass is 462 g/mol. The van der Waals surface area contributed by atoms with Gasteiger partial charge in [0.1, 0.15) is 5.69 Å². The molecule has 34 heavy (non-hydrogen) atoms. The Morgan fingerprint density at radius 3 is 2.65 bits per heavy atom. The highest BCUT2D eigenvalue weighted by atomic mass is 16.6. The normalized spacial score (nSPS) is 14.1. The summed E-state index contributed by atoms with van der Waals surface area (Å²) in [6.07, 6.45) is 6.04. The number of nitrogens with zero attached hydrogens (tertiary/aromatic N) is 5. The summed E-state index contributed by atoms with van der Waals surface area (Å²) in [7, 11) is 1.63. The average molecular weight is 463 g/mol. The number of hydrogen-bond donors (Lipinski definition) is 1. The lowest BCUT2D eigenvalue weighted by Gasteiger charge is -2.32. The zero-order chi connectivity index (χ0) is 24.2. The molecule has 1 fully saturated rings. The standard InChI is InChI=1S/C24H26N6O4/c1-16-5-6-20(23(31)26-14-17-4-3-9-25-13-17)22(27-16)18-7-10-29(11-8-18)24(32)21-12-19(30(33)34)15-28(21)2/h3-6,9,12-13,15,18H,7-8,10-11,14H2,1-2H3,(H,26,31). The Kier molecular flexibility index (Phi) is 6.67. The summed E-state index contributed by atoms with van der Waals surface area (Å²) in [4.78, 5) is 46.9. The predicted octanol–water partition coefficient (Wildman–Crippen LogP) is 2.98. The van der Waals surface area contributed by atoms with Crippen LogP contribution in [0.15, 0.2) is 48.9 Å².